The van der Waals surface area contributed by atoms with Crippen LogP contribution in [0.2, 0.25) is 0 Å². The molecule has 100 valence electrons. The predicted octanol–water partition coefficient (Wildman–Crippen LogP) is 1.42. The van der Waals surface area contributed by atoms with Crippen molar-refractivity contribution in [3.8, 4) is 0 Å². The van der Waals surface area contributed by atoms with Gasteiger partial charge >= 0.3 is 0 Å². The molecule has 0 saturated carbocycles. The first-order valence-electron chi connectivity index (χ1n) is 6.42. The topological polar surface area (TPSA) is 58.4 Å². The lowest BCUT2D eigenvalue weighted by molar-refractivity contribution is -0.116. The number of benzene rings is 1. The number of amides is 1. The predicted molar refractivity (Wildman–Crippen MR) is 75.6 cm³/mol. The number of anilines is 1. The molecule has 0 aliphatic rings. The van der Waals surface area contributed by atoms with Crippen LogP contribution in [0.4, 0.5) is 5.69 Å². The van der Waals surface area contributed by atoms with E-state index < -0.39 is 0 Å². The Kier molecular flexibility index (Phi) is 5.65. The highest BCUT2D eigenvalue weighted by Gasteiger charge is 2.08. The summed E-state index contributed by atoms with van der Waals surface area (Å²) in [6, 6.07) is 6.27. The molecule has 4 nitrogen and oxygen atoms in total. The van der Waals surface area contributed by atoms with Gasteiger partial charge in [0.25, 0.3) is 0 Å². The molecule has 0 aliphatic heterocycles. The Morgan fingerprint density at radius 1 is 1.39 bits per heavy atom. The minimum atomic E-state index is -0.300. The number of hydrogen-bond acceptors (Lipinski definition) is 3. The van der Waals surface area contributed by atoms with Crippen LogP contribution in [0.15, 0.2) is 18.2 Å². The fraction of sp³-hybridized carbons (Fsp3) is 0.500. The summed E-state index contributed by atoms with van der Waals surface area (Å²) in [5.41, 5.74) is 8.82. The van der Waals surface area contributed by atoms with Gasteiger partial charge in [0.2, 0.25) is 5.91 Å². The molecule has 0 bridgehead atoms. The summed E-state index contributed by atoms with van der Waals surface area (Å²) < 4.78 is 0. The molecule has 0 aromatic heterocycles. The number of aryl methyl sites for hydroxylation is 1. The summed E-state index contributed by atoms with van der Waals surface area (Å²) in [5, 5.41) is 3.31. The van der Waals surface area contributed by atoms with Crippen molar-refractivity contribution < 1.29 is 4.79 Å². The third-order valence-electron chi connectivity index (χ3n) is 2.99. The molecule has 1 aromatic carbocycles. The van der Waals surface area contributed by atoms with Gasteiger partial charge in [0.1, 0.15) is 0 Å². The molecule has 18 heavy (non-hydrogen) atoms. The number of primary amides is 1. The minimum Gasteiger partial charge on any atom is -0.368 e. The Hall–Kier alpha value is -1.55. The van der Waals surface area contributed by atoms with E-state index in [4.69, 9.17) is 5.73 Å². The fourth-order valence-corrected chi connectivity index (χ4v) is 1.91. The van der Waals surface area contributed by atoms with Crippen LogP contribution >= 0.6 is 0 Å². The third kappa shape index (κ3) is 4.04. The van der Waals surface area contributed by atoms with Gasteiger partial charge in [0, 0.05) is 18.8 Å². The molecule has 0 unspecified atom stereocenters. The van der Waals surface area contributed by atoms with Crippen molar-refractivity contribution in [2.45, 2.75) is 27.3 Å². The van der Waals surface area contributed by atoms with Crippen LogP contribution in [-0.4, -0.2) is 25.5 Å². The molecular weight excluding hydrogens is 226 g/mol. The van der Waals surface area contributed by atoms with Crippen molar-refractivity contribution in [3.05, 3.63) is 29.3 Å². The number of likely N-dealkylation sites (N-methyl/N-ethyl adjacent to an activating group) is 1. The van der Waals surface area contributed by atoms with Gasteiger partial charge in [-0.1, -0.05) is 13.0 Å². The number of hydrogen-bond donors (Lipinski definition) is 2. The number of carbonyl (C=O) groups excluding carboxylic acids is 1. The van der Waals surface area contributed by atoms with Gasteiger partial charge < -0.3 is 16.0 Å². The summed E-state index contributed by atoms with van der Waals surface area (Å²) in [6.45, 7) is 9.08. The van der Waals surface area contributed by atoms with Crippen LogP contribution in [0.3, 0.4) is 0 Å². The van der Waals surface area contributed by atoms with E-state index in [1.165, 1.54) is 11.1 Å². The Balaban J connectivity index is 2.84. The van der Waals surface area contributed by atoms with Crippen molar-refractivity contribution in [2.24, 2.45) is 5.73 Å². The fourth-order valence-electron chi connectivity index (χ4n) is 1.91. The van der Waals surface area contributed by atoms with E-state index >= 15 is 0 Å². The molecule has 1 rings (SSSR count). The Morgan fingerprint density at radius 2 is 2.11 bits per heavy atom. The zero-order valence-corrected chi connectivity index (χ0v) is 11.5. The first-order chi connectivity index (χ1) is 8.58. The molecule has 4 heteroatoms. The van der Waals surface area contributed by atoms with Gasteiger partial charge in [0.15, 0.2) is 0 Å². The number of nitrogens with zero attached hydrogens (tertiary/aromatic N) is 1. The average Bonchev–Trinajstić information content (AvgIpc) is 2.34. The molecule has 1 aromatic rings. The van der Waals surface area contributed by atoms with E-state index in [1.54, 1.807) is 0 Å². The van der Waals surface area contributed by atoms with Crippen LogP contribution in [0, 0.1) is 6.92 Å². The van der Waals surface area contributed by atoms with E-state index in [-0.39, 0.29) is 12.5 Å². The second kappa shape index (κ2) is 7.01. The molecule has 0 spiro atoms. The van der Waals surface area contributed by atoms with Crippen molar-refractivity contribution in [1.29, 1.82) is 0 Å². The van der Waals surface area contributed by atoms with Crippen molar-refractivity contribution in [1.82, 2.24) is 5.32 Å². The summed E-state index contributed by atoms with van der Waals surface area (Å²) in [5.74, 6) is -0.300. The van der Waals surface area contributed by atoms with Crippen LogP contribution in [0.5, 0.6) is 0 Å². The molecule has 0 atom stereocenters. The molecule has 0 saturated heterocycles. The van der Waals surface area contributed by atoms with Gasteiger partial charge in [-0.2, -0.15) is 0 Å². The normalized spacial score (nSPS) is 10.4. The first-order valence-corrected chi connectivity index (χ1v) is 6.42. The van der Waals surface area contributed by atoms with Gasteiger partial charge in [-0.25, -0.2) is 0 Å². The van der Waals surface area contributed by atoms with E-state index in [0.29, 0.717) is 0 Å². The van der Waals surface area contributed by atoms with Crippen molar-refractivity contribution >= 4 is 11.6 Å². The van der Waals surface area contributed by atoms with Gasteiger partial charge in [-0.3, -0.25) is 4.79 Å². The maximum atomic E-state index is 11.0. The summed E-state index contributed by atoms with van der Waals surface area (Å²) in [7, 11) is 0. The van der Waals surface area contributed by atoms with Crippen LogP contribution < -0.4 is 16.0 Å². The highest BCUT2D eigenvalue weighted by Crippen LogP contribution is 2.19. The van der Waals surface area contributed by atoms with Crippen LogP contribution in [0.1, 0.15) is 25.0 Å². The maximum Gasteiger partial charge on any atom is 0.236 e. The molecular formula is C14H23N3O. The zero-order chi connectivity index (χ0) is 13.5. The third-order valence-corrected chi connectivity index (χ3v) is 2.99. The Morgan fingerprint density at radius 3 is 2.61 bits per heavy atom. The molecule has 1 amide bonds. The van der Waals surface area contributed by atoms with Crippen molar-refractivity contribution in [3.63, 3.8) is 0 Å². The Bertz CT molecular complexity index is 404. The molecule has 3 N–H and O–H groups in total. The first kappa shape index (κ1) is 14.5. The zero-order valence-electron chi connectivity index (χ0n) is 11.5. The van der Waals surface area contributed by atoms with Gasteiger partial charge in [-0.05, 0) is 43.7 Å². The SMILES string of the molecule is CCNCc1ccc(N(CC)CC(N)=O)cc1C. The molecule has 0 radical (unpaired) electrons. The lowest BCUT2D eigenvalue weighted by Gasteiger charge is -2.22. The van der Waals surface area contributed by atoms with Gasteiger partial charge in [-0.15, -0.1) is 0 Å². The summed E-state index contributed by atoms with van der Waals surface area (Å²) >= 11 is 0. The lowest BCUT2D eigenvalue weighted by Crippen LogP contribution is -2.33. The van der Waals surface area contributed by atoms with E-state index in [9.17, 15) is 4.79 Å². The maximum absolute atomic E-state index is 11.0. The summed E-state index contributed by atoms with van der Waals surface area (Å²) in [6.07, 6.45) is 0. The summed E-state index contributed by atoms with van der Waals surface area (Å²) in [4.78, 5) is 13.0. The number of rotatable bonds is 7. The van der Waals surface area contributed by atoms with E-state index in [0.717, 1.165) is 25.3 Å². The average molecular weight is 249 g/mol. The smallest absolute Gasteiger partial charge is 0.236 e. The number of carbonyl (C=O) groups is 1. The van der Waals surface area contributed by atoms with E-state index in [2.05, 4.69) is 31.3 Å². The highest BCUT2D eigenvalue weighted by atomic mass is 16.1. The van der Waals surface area contributed by atoms with Crippen molar-refractivity contribution in [2.75, 3.05) is 24.5 Å². The number of nitrogens with two attached hydrogens (primary N) is 1. The van der Waals surface area contributed by atoms with Crippen LogP contribution in [-0.2, 0) is 11.3 Å². The molecule has 0 heterocycles. The molecule has 0 aliphatic carbocycles. The van der Waals surface area contributed by atoms with Gasteiger partial charge in [0.05, 0.1) is 6.54 Å². The number of nitrogens with one attached hydrogen (secondary N) is 1. The molecule has 0 fully saturated rings. The standard InChI is InChI=1S/C14H23N3O/c1-4-16-9-12-6-7-13(8-11(12)3)17(5-2)10-14(15)18/h6-8,16H,4-5,9-10H2,1-3H3,(H2,15,18). The quantitative estimate of drug-likeness (QED) is 0.768. The minimum absolute atomic E-state index is 0.266. The largest absolute Gasteiger partial charge is 0.368 e. The second-order valence-electron chi connectivity index (χ2n) is 4.37. The van der Waals surface area contributed by atoms with Crippen LogP contribution in [0.25, 0.3) is 0 Å². The lowest BCUT2D eigenvalue weighted by atomic mass is 10.1. The Labute approximate surface area is 109 Å². The highest BCUT2D eigenvalue weighted by molar-refractivity contribution is 5.79. The van der Waals surface area contributed by atoms with E-state index in [1.807, 2.05) is 17.9 Å². The monoisotopic (exact) mass is 249 g/mol. The second-order valence-corrected chi connectivity index (χ2v) is 4.37.